The van der Waals surface area contributed by atoms with Gasteiger partial charge in [0.1, 0.15) is 0 Å². The molecule has 2 aromatic heterocycles. The molecule has 2 atom stereocenters. The molecular formula is C20H24N2O2S. The molecule has 3 aliphatic rings. The molecule has 3 aliphatic heterocycles. The minimum Gasteiger partial charge on any atom is -0.381 e. The normalized spacial score (nSPS) is 27.2. The van der Waals surface area contributed by atoms with E-state index in [-0.39, 0.29) is 5.56 Å². The molecule has 25 heavy (non-hydrogen) atoms. The highest BCUT2D eigenvalue weighted by molar-refractivity contribution is 7.13. The van der Waals surface area contributed by atoms with Gasteiger partial charge in [0.2, 0.25) is 0 Å². The van der Waals surface area contributed by atoms with Crippen molar-refractivity contribution >= 4 is 11.3 Å². The Bertz CT molecular complexity index is 808. The summed E-state index contributed by atoms with van der Waals surface area (Å²) >= 11 is 1.77. The predicted molar refractivity (Wildman–Crippen MR) is 100 cm³/mol. The Morgan fingerprint density at radius 2 is 1.96 bits per heavy atom. The fourth-order valence-electron chi connectivity index (χ4n) is 5.04. The van der Waals surface area contributed by atoms with E-state index >= 15 is 0 Å². The van der Waals surface area contributed by atoms with Crippen LogP contribution in [0.15, 0.2) is 34.4 Å². The number of thiophene rings is 1. The maximum Gasteiger partial charge on any atom is 0.250 e. The van der Waals surface area contributed by atoms with Gasteiger partial charge in [-0.15, -0.1) is 11.3 Å². The molecule has 2 aromatic rings. The maximum atomic E-state index is 12.5. The van der Waals surface area contributed by atoms with Crippen LogP contribution in [0.25, 0.3) is 10.4 Å². The maximum absolute atomic E-state index is 12.5. The zero-order valence-corrected chi connectivity index (χ0v) is 15.2. The van der Waals surface area contributed by atoms with Gasteiger partial charge in [0.15, 0.2) is 0 Å². The van der Waals surface area contributed by atoms with Crippen LogP contribution in [-0.2, 0) is 11.3 Å². The summed E-state index contributed by atoms with van der Waals surface area (Å²) in [5, 5.41) is 2.12. The number of piperidine rings is 1. The Morgan fingerprint density at radius 3 is 2.76 bits per heavy atom. The number of fused-ring (bicyclic) bond motifs is 4. The second-order valence-electron chi connectivity index (χ2n) is 7.65. The van der Waals surface area contributed by atoms with Crippen molar-refractivity contribution in [3.05, 3.63) is 45.7 Å². The minimum atomic E-state index is 0.171. The van der Waals surface area contributed by atoms with Gasteiger partial charge in [-0.2, -0.15) is 0 Å². The third-order valence-electron chi connectivity index (χ3n) is 6.11. The van der Waals surface area contributed by atoms with Gasteiger partial charge < -0.3 is 9.30 Å². The van der Waals surface area contributed by atoms with E-state index in [1.807, 2.05) is 6.07 Å². The number of aromatic nitrogens is 1. The van der Waals surface area contributed by atoms with E-state index < -0.39 is 0 Å². The first-order chi connectivity index (χ1) is 12.3. The van der Waals surface area contributed by atoms with E-state index in [1.54, 1.807) is 17.4 Å². The first-order valence-corrected chi connectivity index (χ1v) is 10.3. The largest absolute Gasteiger partial charge is 0.381 e. The quantitative estimate of drug-likeness (QED) is 0.829. The van der Waals surface area contributed by atoms with Crippen LogP contribution in [-0.4, -0.2) is 41.8 Å². The number of likely N-dealkylation sites (tertiary alicyclic amines) is 1. The standard InChI is InChI=1S/C20H24N2O2S/c23-19-4-3-17(18-2-1-9-25-18)20-15-10-14(12-22(19)20)11-21(13-15)16-5-7-24-8-6-16/h1-4,9,14-16H,5-8,10-13H2/t14-,15+/m0/s1. The summed E-state index contributed by atoms with van der Waals surface area (Å²) < 4.78 is 7.63. The Balaban J connectivity index is 1.53. The first-order valence-electron chi connectivity index (χ1n) is 9.39. The molecule has 2 bridgehead atoms. The van der Waals surface area contributed by atoms with Crippen molar-refractivity contribution in [2.24, 2.45) is 5.92 Å². The van der Waals surface area contributed by atoms with Gasteiger partial charge in [-0.05, 0) is 42.7 Å². The molecule has 132 valence electrons. The number of hydrogen-bond donors (Lipinski definition) is 0. The molecule has 5 heterocycles. The topological polar surface area (TPSA) is 34.5 Å². The van der Waals surface area contributed by atoms with Crippen molar-refractivity contribution in [1.82, 2.24) is 9.47 Å². The lowest BCUT2D eigenvalue weighted by atomic mass is 9.80. The summed E-state index contributed by atoms with van der Waals surface area (Å²) in [4.78, 5) is 16.5. The van der Waals surface area contributed by atoms with Gasteiger partial charge in [0.05, 0.1) is 0 Å². The Morgan fingerprint density at radius 1 is 1.08 bits per heavy atom. The van der Waals surface area contributed by atoms with Crippen LogP contribution in [0.3, 0.4) is 0 Å². The molecule has 0 aromatic carbocycles. The molecular weight excluding hydrogens is 332 g/mol. The molecule has 0 radical (unpaired) electrons. The molecule has 0 N–H and O–H groups in total. The fraction of sp³-hybridized carbons (Fsp3) is 0.550. The second-order valence-corrected chi connectivity index (χ2v) is 8.60. The highest BCUT2D eigenvalue weighted by Crippen LogP contribution is 2.41. The average Bonchev–Trinajstić information content (AvgIpc) is 3.18. The third-order valence-corrected chi connectivity index (χ3v) is 7.02. The van der Waals surface area contributed by atoms with Crippen molar-refractivity contribution in [2.45, 2.75) is 37.8 Å². The smallest absolute Gasteiger partial charge is 0.250 e. The number of rotatable bonds is 2. The number of pyridine rings is 1. The van der Waals surface area contributed by atoms with Gasteiger partial charge >= 0.3 is 0 Å². The van der Waals surface area contributed by atoms with E-state index in [4.69, 9.17) is 4.74 Å². The van der Waals surface area contributed by atoms with Crippen LogP contribution < -0.4 is 5.56 Å². The Labute approximate surface area is 152 Å². The Hall–Kier alpha value is -1.43. The molecule has 2 saturated heterocycles. The van der Waals surface area contributed by atoms with E-state index in [1.165, 1.54) is 22.6 Å². The third kappa shape index (κ3) is 2.78. The number of ether oxygens (including phenoxy) is 1. The van der Waals surface area contributed by atoms with E-state index in [9.17, 15) is 4.79 Å². The summed E-state index contributed by atoms with van der Waals surface area (Å²) in [6.07, 6.45) is 3.53. The molecule has 0 amide bonds. The summed E-state index contributed by atoms with van der Waals surface area (Å²) in [6.45, 7) is 4.89. The van der Waals surface area contributed by atoms with Crippen molar-refractivity contribution in [1.29, 1.82) is 0 Å². The van der Waals surface area contributed by atoms with Crippen LogP contribution in [0.4, 0.5) is 0 Å². The second kappa shape index (κ2) is 6.38. The highest BCUT2D eigenvalue weighted by atomic mass is 32.1. The van der Waals surface area contributed by atoms with E-state index in [0.29, 0.717) is 17.9 Å². The minimum absolute atomic E-state index is 0.171. The molecule has 5 heteroatoms. The average molecular weight is 356 g/mol. The lowest BCUT2D eigenvalue weighted by molar-refractivity contribution is 0.00597. The summed E-state index contributed by atoms with van der Waals surface area (Å²) in [7, 11) is 0. The van der Waals surface area contributed by atoms with Gasteiger partial charge in [-0.1, -0.05) is 6.07 Å². The van der Waals surface area contributed by atoms with Crippen LogP contribution in [0.5, 0.6) is 0 Å². The van der Waals surface area contributed by atoms with E-state index in [0.717, 1.165) is 45.7 Å². The van der Waals surface area contributed by atoms with Gasteiger partial charge in [0.25, 0.3) is 5.56 Å². The monoisotopic (exact) mass is 356 g/mol. The zero-order chi connectivity index (χ0) is 16.8. The van der Waals surface area contributed by atoms with Crippen LogP contribution in [0.2, 0.25) is 0 Å². The lowest BCUT2D eigenvalue weighted by Gasteiger charge is -2.47. The van der Waals surface area contributed by atoms with Crippen LogP contribution >= 0.6 is 11.3 Å². The van der Waals surface area contributed by atoms with Crippen LogP contribution in [0, 0.1) is 5.92 Å². The SMILES string of the molecule is O=c1ccc(-c2cccs2)c2n1C[C@H]1C[C@@H]2CN(C2CCOCC2)C1. The van der Waals surface area contributed by atoms with Gasteiger partial charge in [-0.3, -0.25) is 9.69 Å². The summed E-state index contributed by atoms with van der Waals surface area (Å²) in [5.41, 5.74) is 2.72. The molecule has 0 aliphatic carbocycles. The molecule has 4 nitrogen and oxygen atoms in total. The van der Waals surface area contributed by atoms with Gasteiger partial charge in [-0.25, -0.2) is 0 Å². The van der Waals surface area contributed by atoms with Crippen LogP contribution in [0.1, 0.15) is 30.9 Å². The van der Waals surface area contributed by atoms with Crippen molar-refractivity contribution < 1.29 is 4.74 Å². The Kier molecular flexibility index (Phi) is 4.03. The highest BCUT2D eigenvalue weighted by Gasteiger charge is 2.38. The van der Waals surface area contributed by atoms with Gasteiger partial charge in [0, 0.05) is 67.0 Å². The van der Waals surface area contributed by atoms with Crippen molar-refractivity contribution in [3.8, 4) is 10.4 Å². The molecule has 0 saturated carbocycles. The number of hydrogen-bond acceptors (Lipinski definition) is 4. The summed E-state index contributed by atoms with van der Waals surface area (Å²) in [5.74, 6) is 1.08. The van der Waals surface area contributed by atoms with Crippen molar-refractivity contribution in [2.75, 3.05) is 26.3 Å². The zero-order valence-electron chi connectivity index (χ0n) is 14.4. The molecule has 0 spiro atoms. The van der Waals surface area contributed by atoms with Crippen molar-refractivity contribution in [3.63, 3.8) is 0 Å². The fourth-order valence-corrected chi connectivity index (χ4v) is 5.80. The molecule has 5 rings (SSSR count). The first kappa shape index (κ1) is 15.8. The molecule has 0 unspecified atom stereocenters. The predicted octanol–water partition coefficient (Wildman–Crippen LogP) is 3.17. The lowest BCUT2D eigenvalue weighted by Crippen LogP contribution is -2.51. The molecule has 2 fully saturated rings. The number of nitrogens with zero attached hydrogens (tertiary/aromatic N) is 2. The van der Waals surface area contributed by atoms with E-state index in [2.05, 4.69) is 27.0 Å². The summed E-state index contributed by atoms with van der Waals surface area (Å²) in [6, 6.07) is 8.74.